The number of hydrogen-bond acceptors (Lipinski definition) is 3. The molecule has 0 bridgehead atoms. The average molecular weight is 342 g/mol. The fourth-order valence-electron chi connectivity index (χ4n) is 2.30. The Balaban J connectivity index is 2.19. The van der Waals surface area contributed by atoms with E-state index in [-0.39, 0.29) is 24.7 Å². The normalized spacial score (nSPS) is 11.1. The summed E-state index contributed by atoms with van der Waals surface area (Å²) >= 11 is 0. The van der Waals surface area contributed by atoms with Crippen molar-refractivity contribution in [2.45, 2.75) is 33.1 Å². The number of anilines is 2. The van der Waals surface area contributed by atoms with Crippen molar-refractivity contribution in [3.8, 4) is 5.75 Å². The molecule has 0 saturated heterocycles. The summed E-state index contributed by atoms with van der Waals surface area (Å²) in [6.07, 6.45) is 0. The van der Waals surface area contributed by atoms with Gasteiger partial charge in [0.2, 0.25) is 0 Å². The van der Waals surface area contributed by atoms with Gasteiger partial charge in [-0.1, -0.05) is 44.5 Å². The SMILES string of the molecule is Cc1ccc(NC(=O)Nc2cc(C(C)(C)C)ccc2OCCO)cc1. The number of benzene rings is 2. The molecule has 3 N–H and O–H groups in total. The van der Waals surface area contributed by atoms with E-state index in [1.807, 2.05) is 49.4 Å². The zero-order chi connectivity index (χ0) is 18.4. The molecule has 0 fully saturated rings. The van der Waals surface area contributed by atoms with Crippen LogP contribution in [0.4, 0.5) is 16.2 Å². The summed E-state index contributed by atoms with van der Waals surface area (Å²) in [5, 5.41) is 14.6. The Morgan fingerprint density at radius 3 is 2.36 bits per heavy atom. The summed E-state index contributed by atoms with van der Waals surface area (Å²) in [5.74, 6) is 0.529. The van der Waals surface area contributed by atoms with Crippen LogP contribution in [0.2, 0.25) is 0 Å². The molecule has 134 valence electrons. The Kier molecular flexibility index (Phi) is 6.04. The molecule has 0 aliphatic carbocycles. The van der Waals surface area contributed by atoms with Crippen LogP contribution in [0, 0.1) is 6.92 Å². The molecule has 0 atom stereocenters. The average Bonchev–Trinajstić information content (AvgIpc) is 2.55. The largest absolute Gasteiger partial charge is 0.489 e. The highest BCUT2D eigenvalue weighted by molar-refractivity contribution is 6.00. The standard InChI is InChI=1S/C20H26N2O3/c1-14-5-8-16(9-6-14)21-19(24)22-17-13-15(20(2,3)4)7-10-18(17)25-12-11-23/h5-10,13,23H,11-12H2,1-4H3,(H2,21,22,24). The number of rotatable bonds is 5. The van der Waals surface area contributed by atoms with Crippen LogP contribution < -0.4 is 15.4 Å². The molecule has 2 aromatic carbocycles. The molecule has 2 aromatic rings. The number of aliphatic hydroxyl groups is 1. The summed E-state index contributed by atoms with van der Waals surface area (Å²) in [7, 11) is 0. The maximum absolute atomic E-state index is 12.3. The Bertz CT molecular complexity index is 719. The zero-order valence-electron chi connectivity index (χ0n) is 15.2. The van der Waals surface area contributed by atoms with Gasteiger partial charge in [0.1, 0.15) is 12.4 Å². The first-order valence-corrected chi connectivity index (χ1v) is 8.32. The summed E-state index contributed by atoms with van der Waals surface area (Å²) in [6, 6.07) is 12.9. The van der Waals surface area contributed by atoms with E-state index in [2.05, 4.69) is 31.4 Å². The van der Waals surface area contributed by atoms with Crippen LogP contribution in [0.25, 0.3) is 0 Å². The molecule has 0 aliphatic rings. The molecule has 5 nitrogen and oxygen atoms in total. The van der Waals surface area contributed by atoms with E-state index in [9.17, 15) is 4.79 Å². The third kappa shape index (κ3) is 5.50. The van der Waals surface area contributed by atoms with Crippen LogP contribution in [0.5, 0.6) is 5.75 Å². The van der Waals surface area contributed by atoms with Crippen LogP contribution >= 0.6 is 0 Å². The van der Waals surface area contributed by atoms with Crippen LogP contribution in [-0.4, -0.2) is 24.4 Å². The van der Waals surface area contributed by atoms with Gasteiger partial charge in [-0.25, -0.2) is 4.79 Å². The summed E-state index contributed by atoms with van der Waals surface area (Å²) in [4.78, 5) is 12.3. The van der Waals surface area contributed by atoms with Crippen LogP contribution in [0.1, 0.15) is 31.9 Å². The summed E-state index contributed by atoms with van der Waals surface area (Å²) in [5.41, 5.74) is 3.44. The molecule has 0 radical (unpaired) electrons. The minimum absolute atomic E-state index is 0.0562. The second-order valence-electron chi connectivity index (χ2n) is 6.98. The molecule has 0 heterocycles. The van der Waals surface area contributed by atoms with E-state index in [1.54, 1.807) is 0 Å². The number of hydrogen-bond donors (Lipinski definition) is 3. The lowest BCUT2D eigenvalue weighted by Crippen LogP contribution is -2.21. The molecule has 2 rings (SSSR count). The van der Waals surface area contributed by atoms with Gasteiger partial charge in [-0.05, 0) is 42.2 Å². The van der Waals surface area contributed by atoms with Gasteiger partial charge in [0.05, 0.1) is 12.3 Å². The maximum Gasteiger partial charge on any atom is 0.323 e. The van der Waals surface area contributed by atoms with Crippen LogP contribution in [0.3, 0.4) is 0 Å². The van der Waals surface area contributed by atoms with Crippen molar-refractivity contribution in [2.75, 3.05) is 23.8 Å². The lowest BCUT2D eigenvalue weighted by atomic mass is 9.87. The molecule has 0 saturated carbocycles. The highest BCUT2D eigenvalue weighted by atomic mass is 16.5. The maximum atomic E-state index is 12.3. The van der Waals surface area contributed by atoms with Gasteiger partial charge < -0.3 is 20.5 Å². The zero-order valence-corrected chi connectivity index (χ0v) is 15.2. The Labute approximate surface area is 149 Å². The highest BCUT2D eigenvalue weighted by Crippen LogP contribution is 2.31. The minimum Gasteiger partial charge on any atom is -0.489 e. The molecular formula is C20H26N2O3. The van der Waals surface area contributed by atoms with E-state index in [1.165, 1.54) is 0 Å². The Morgan fingerprint density at radius 1 is 1.08 bits per heavy atom. The van der Waals surface area contributed by atoms with Gasteiger partial charge in [-0.3, -0.25) is 0 Å². The predicted octanol–water partition coefficient (Wildman–Crippen LogP) is 4.31. The number of carbonyl (C=O) groups is 1. The number of carbonyl (C=O) groups excluding carboxylic acids is 1. The fourth-order valence-corrected chi connectivity index (χ4v) is 2.30. The molecule has 5 heteroatoms. The lowest BCUT2D eigenvalue weighted by molar-refractivity contribution is 0.202. The van der Waals surface area contributed by atoms with Crippen LogP contribution in [-0.2, 0) is 5.41 Å². The van der Waals surface area contributed by atoms with Crippen molar-refractivity contribution in [3.63, 3.8) is 0 Å². The molecule has 25 heavy (non-hydrogen) atoms. The second kappa shape index (κ2) is 8.03. The van der Waals surface area contributed by atoms with Gasteiger partial charge in [-0.15, -0.1) is 0 Å². The van der Waals surface area contributed by atoms with E-state index in [0.717, 1.165) is 11.1 Å². The van der Waals surface area contributed by atoms with Gasteiger partial charge in [-0.2, -0.15) is 0 Å². The number of nitrogens with one attached hydrogen (secondary N) is 2. The molecule has 2 amide bonds. The molecule has 0 spiro atoms. The van der Waals surface area contributed by atoms with Gasteiger partial charge in [0, 0.05) is 5.69 Å². The van der Waals surface area contributed by atoms with Crippen molar-refractivity contribution < 1.29 is 14.6 Å². The van der Waals surface area contributed by atoms with Crippen molar-refractivity contribution in [1.82, 2.24) is 0 Å². The van der Waals surface area contributed by atoms with Crippen molar-refractivity contribution in [1.29, 1.82) is 0 Å². The third-order valence-corrected chi connectivity index (χ3v) is 3.75. The number of ether oxygens (including phenoxy) is 1. The highest BCUT2D eigenvalue weighted by Gasteiger charge is 2.17. The van der Waals surface area contributed by atoms with Crippen LogP contribution in [0.15, 0.2) is 42.5 Å². The van der Waals surface area contributed by atoms with Gasteiger partial charge >= 0.3 is 6.03 Å². The van der Waals surface area contributed by atoms with E-state index < -0.39 is 0 Å². The first kappa shape index (κ1) is 18.8. The van der Waals surface area contributed by atoms with Gasteiger partial charge in [0.25, 0.3) is 0 Å². The number of aryl methyl sites for hydroxylation is 1. The molecule has 0 aromatic heterocycles. The lowest BCUT2D eigenvalue weighted by Gasteiger charge is -2.21. The Morgan fingerprint density at radius 2 is 1.76 bits per heavy atom. The molecular weight excluding hydrogens is 316 g/mol. The molecule has 0 aliphatic heterocycles. The fraction of sp³-hybridized carbons (Fsp3) is 0.350. The van der Waals surface area contributed by atoms with E-state index in [4.69, 9.17) is 9.84 Å². The van der Waals surface area contributed by atoms with E-state index in [0.29, 0.717) is 17.1 Å². The topological polar surface area (TPSA) is 70.6 Å². The Hall–Kier alpha value is -2.53. The second-order valence-corrected chi connectivity index (χ2v) is 6.98. The first-order valence-electron chi connectivity index (χ1n) is 8.32. The monoisotopic (exact) mass is 342 g/mol. The summed E-state index contributed by atoms with van der Waals surface area (Å²) < 4.78 is 5.53. The minimum atomic E-state index is -0.344. The third-order valence-electron chi connectivity index (χ3n) is 3.75. The van der Waals surface area contributed by atoms with Crippen molar-refractivity contribution in [3.05, 3.63) is 53.6 Å². The summed E-state index contributed by atoms with van der Waals surface area (Å²) in [6.45, 7) is 8.39. The number of aliphatic hydroxyl groups excluding tert-OH is 1. The van der Waals surface area contributed by atoms with Crippen molar-refractivity contribution in [2.24, 2.45) is 0 Å². The van der Waals surface area contributed by atoms with E-state index >= 15 is 0 Å². The number of urea groups is 1. The van der Waals surface area contributed by atoms with Crippen molar-refractivity contribution >= 4 is 17.4 Å². The van der Waals surface area contributed by atoms with Gasteiger partial charge in [0.15, 0.2) is 0 Å². The smallest absolute Gasteiger partial charge is 0.323 e. The predicted molar refractivity (Wildman–Crippen MR) is 102 cm³/mol. The number of amides is 2. The quantitative estimate of drug-likeness (QED) is 0.758. The molecule has 0 unspecified atom stereocenters. The first-order chi connectivity index (χ1) is 11.8.